The minimum atomic E-state index is 0.339. The Balaban J connectivity index is 1.73. The molecule has 0 N–H and O–H groups in total. The van der Waals surface area contributed by atoms with Gasteiger partial charge in [0, 0.05) is 18.9 Å². The van der Waals surface area contributed by atoms with Crippen molar-refractivity contribution >= 4 is 12.6 Å². The molecule has 3 nitrogen and oxygen atoms in total. The lowest BCUT2D eigenvalue weighted by atomic mass is 9.58. The molecule has 0 aromatic heterocycles. The molecule has 1 saturated carbocycles. The smallest absolute Gasteiger partial charge is 0.123 e. The molecule has 1 spiro atoms. The molecule has 1 saturated heterocycles. The van der Waals surface area contributed by atoms with Crippen LogP contribution in [-0.2, 0) is 9.59 Å². The summed E-state index contributed by atoms with van der Waals surface area (Å²) in [7, 11) is 0. The van der Waals surface area contributed by atoms with Crippen LogP contribution >= 0.6 is 0 Å². The van der Waals surface area contributed by atoms with Gasteiger partial charge in [-0.25, -0.2) is 0 Å². The van der Waals surface area contributed by atoms with E-state index in [4.69, 9.17) is 0 Å². The second-order valence-corrected chi connectivity index (χ2v) is 5.10. The fraction of sp³-hybridized carbons (Fsp3) is 0.833. The van der Waals surface area contributed by atoms with E-state index in [0.717, 1.165) is 45.0 Å². The van der Waals surface area contributed by atoms with Gasteiger partial charge in [0.2, 0.25) is 0 Å². The third-order valence-corrected chi connectivity index (χ3v) is 4.06. The van der Waals surface area contributed by atoms with Crippen LogP contribution in [0.4, 0.5) is 0 Å². The van der Waals surface area contributed by atoms with Crippen LogP contribution in [0.1, 0.15) is 32.1 Å². The van der Waals surface area contributed by atoms with Crippen LogP contribution in [0.2, 0.25) is 0 Å². The van der Waals surface area contributed by atoms with Crippen molar-refractivity contribution in [3.63, 3.8) is 0 Å². The molecule has 1 aliphatic heterocycles. The molecule has 3 heteroatoms. The van der Waals surface area contributed by atoms with Crippen molar-refractivity contribution < 1.29 is 9.59 Å². The Kier molecular flexibility index (Phi) is 3.19. The third-order valence-electron chi connectivity index (χ3n) is 4.06. The molecular formula is C12H19NO2. The van der Waals surface area contributed by atoms with Crippen LogP contribution in [-0.4, -0.2) is 37.1 Å². The summed E-state index contributed by atoms with van der Waals surface area (Å²) in [5, 5.41) is 0. The quantitative estimate of drug-likeness (QED) is 0.654. The molecular weight excluding hydrogens is 190 g/mol. The van der Waals surface area contributed by atoms with Crippen molar-refractivity contribution in [1.29, 1.82) is 0 Å². The van der Waals surface area contributed by atoms with Crippen molar-refractivity contribution in [2.75, 3.05) is 19.6 Å². The van der Waals surface area contributed by atoms with E-state index in [1.54, 1.807) is 0 Å². The van der Waals surface area contributed by atoms with Gasteiger partial charge in [-0.15, -0.1) is 0 Å². The maximum Gasteiger partial charge on any atom is 0.123 e. The summed E-state index contributed by atoms with van der Waals surface area (Å²) < 4.78 is 0. The summed E-state index contributed by atoms with van der Waals surface area (Å²) in [4.78, 5) is 23.2. The van der Waals surface area contributed by atoms with E-state index < -0.39 is 0 Å². The fourth-order valence-electron chi connectivity index (χ4n) is 3.04. The predicted molar refractivity (Wildman–Crippen MR) is 57.6 cm³/mol. The molecule has 1 heterocycles. The van der Waals surface area contributed by atoms with Gasteiger partial charge >= 0.3 is 0 Å². The van der Waals surface area contributed by atoms with Crippen LogP contribution in [0, 0.1) is 11.3 Å². The molecule has 1 aliphatic carbocycles. The average molecular weight is 209 g/mol. The highest BCUT2D eigenvalue weighted by molar-refractivity contribution is 5.55. The summed E-state index contributed by atoms with van der Waals surface area (Å²) in [6, 6.07) is 0. The summed E-state index contributed by atoms with van der Waals surface area (Å²) >= 11 is 0. The number of carbonyl (C=O) groups excluding carboxylic acids is 2. The Morgan fingerprint density at radius 3 is 2.40 bits per heavy atom. The standard InChI is InChI=1S/C12H19NO2/c14-7-1-4-13-5-2-12(3-6-13)8-11(9-12)10-15/h7,10-11H,1-6,8-9H2. The van der Waals surface area contributed by atoms with Crippen LogP contribution in [0.5, 0.6) is 0 Å². The minimum Gasteiger partial charge on any atom is -0.303 e. The Labute approximate surface area is 90.8 Å². The van der Waals surface area contributed by atoms with E-state index >= 15 is 0 Å². The predicted octanol–water partition coefficient (Wildman–Crippen LogP) is 1.27. The molecule has 2 aliphatic rings. The van der Waals surface area contributed by atoms with Gasteiger partial charge in [-0.3, -0.25) is 0 Å². The number of piperidine rings is 1. The summed E-state index contributed by atoms with van der Waals surface area (Å²) in [6.07, 6.45) is 7.42. The first-order valence-electron chi connectivity index (χ1n) is 5.89. The first-order chi connectivity index (χ1) is 7.28. The van der Waals surface area contributed by atoms with Crippen LogP contribution < -0.4 is 0 Å². The lowest BCUT2D eigenvalue weighted by molar-refractivity contribution is -0.120. The normalized spacial score (nSPS) is 26.1. The number of carbonyl (C=O) groups is 2. The van der Waals surface area contributed by atoms with Crippen LogP contribution in [0.3, 0.4) is 0 Å². The molecule has 2 rings (SSSR count). The topological polar surface area (TPSA) is 37.4 Å². The van der Waals surface area contributed by atoms with E-state index in [0.29, 0.717) is 17.8 Å². The molecule has 0 aromatic rings. The summed E-state index contributed by atoms with van der Waals surface area (Å²) in [6.45, 7) is 3.13. The average Bonchev–Trinajstić information content (AvgIpc) is 2.24. The first kappa shape index (κ1) is 10.8. The van der Waals surface area contributed by atoms with Gasteiger partial charge in [-0.1, -0.05) is 0 Å². The molecule has 2 fully saturated rings. The second kappa shape index (κ2) is 4.44. The number of hydrogen-bond donors (Lipinski definition) is 0. The minimum absolute atomic E-state index is 0.339. The molecule has 0 aromatic carbocycles. The van der Waals surface area contributed by atoms with Gasteiger partial charge < -0.3 is 14.5 Å². The van der Waals surface area contributed by atoms with E-state index in [2.05, 4.69) is 4.90 Å². The van der Waals surface area contributed by atoms with Gasteiger partial charge in [0.25, 0.3) is 0 Å². The van der Waals surface area contributed by atoms with Gasteiger partial charge in [0.15, 0.2) is 0 Å². The van der Waals surface area contributed by atoms with Crippen LogP contribution in [0.15, 0.2) is 0 Å². The highest BCUT2D eigenvalue weighted by Gasteiger charge is 2.45. The number of aldehydes is 2. The van der Waals surface area contributed by atoms with Gasteiger partial charge in [-0.05, 0) is 44.2 Å². The lowest BCUT2D eigenvalue weighted by Gasteiger charge is -2.50. The highest BCUT2D eigenvalue weighted by atomic mass is 16.1. The number of rotatable bonds is 4. The maximum atomic E-state index is 10.6. The zero-order chi connectivity index (χ0) is 10.7. The van der Waals surface area contributed by atoms with Crippen molar-refractivity contribution in [2.45, 2.75) is 32.1 Å². The van der Waals surface area contributed by atoms with E-state index in [1.165, 1.54) is 12.8 Å². The SMILES string of the molecule is O=CCCN1CCC2(CC1)CC(C=O)C2. The van der Waals surface area contributed by atoms with Gasteiger partial charge in [0.1, 0.15) is 12.6 Å². The fourth-order valence-corrected chi connectivity index (χ4v) is 3.04. The maximum absolute atomic E-state index is 10.6. The molecule has 0 atom stereocenters. The number of likely N-dealkylation sites (tertiary alicyclic amines) is 1. The number of hydrogen-bond acceptors (Lipinski definition) is 3. The van der Waals surface area contributed by atoms with E-state index in [9.17, 15) is 9.59 Å². The molecule has 0 unspecified atom stereocenters. The zero-order valence-corrected chi connectivity index (χ0v) is 9.15. The van der Waals surface area contributed by atoms with E-state index in [-0.39, 0.29) is 0 Å². The zero-order valence-electron chi connectivity index (χ0n) is 9.15. The molecule has 0 bridgehead atoms. The number of nitrogens with zero attached hydrogens (tertiary/aromatic N) is 1. The Morgan fingerprint density at radius 1 is 1.20 bits per heavy atom. The monoisotopic (exact) mass is 209 g/mol. The first-order valence-corrected chi connectivity index (χ1v) is 5.89. The Hall–Kier alpha value is -0.700. The summed E-state index contributed by atoms with van der Waals surface area (Å²) in [5.74, 6) is 0.339. The Morgan fingerprint density at radius 2 is 1.87 bits per heavy atom. The molecule has 0 amide bonds. The molecule has 15 heavy (non-hydrogen) atoms. The van der Waals surface area contributed by atoms with Crippen molar-refractivity contribution in [1.82, 2.24) is 4.90 Å². The highest BCUT2D eigenvalue weighted by Crippen LogP contribution is 2.51. The molecule has 0 radical (unpaired) electrons. The Bertz CT molecular complexity index is 236. The largest absolute Gasteiger partial charge is 0.303 e. The van der Waals surface area contributed by atoms with Gasteiger partial charge in [0.05, 0.1) is 0 Å². The van der Waals surface area contributed by atoms with Crippen molar-refractivity contribution in [2.24, 2.45) is 11.3 Å². The second-order valence-electron chi connectivity index (χ2n) is 5.10. The van der Waals surface area contributed by atoms with E-state index in [1.807, 2.05) is 0 Å². The van der Waals surface area contributed by atoms with Crippen molar-refractivity contribution in [3.8, 4) is 0 Å². The van der Waals surface area contributed by atoms with Gasteiger partial charge in [-0.2, -0.15) is 0 Å². The summed E-state index contributed by atoms with van der Waals surface area (Å²) in [5.41, 5.74) is 0.489. The van der Waals surface area contributed by atoms with Crippen molar-refractivity contribution in [3.05, 3.63) is 0 Å². The molecule has 84 valence electrons. The third kappa shape index (κ3) is 2.28. The van der Waals surface area contributed by atoms with Crippen LogP contribution in [0.25, 0.3) is 0 Å². The lowest BCUT2D eigenvalue weighted by Crippen LogP contribution is -2.47.